The summed E-state index contributed by atoms with van der Waals surface area (Å²) in [5, 5.41) is 20.5. The van der Waals surface area contributed by atoms with Gasteiger partial charge in [0.05, 0.1) is 4.92 Å². The van der Waals surface area contributed by atoms with Crippen molar-refractivity contribution >= 4 is 11.4 Å². The Bertz CT molecular complexity index is 553. The summed E-state index contributed by atoms with van der Waals surface area (Å²) in [7, 11) is 0. The summed E-state index contributed by atoms with van der Waals surface area (Å²) in [6.45, 7) is 2.51. The number of nitrogens with zero attached hydrogens (tertiary/aromatic N) is 3. The van der Waals surface area contributed by atoms with Gasteiger partial charge in [-0.3, -0.25) is 15.2 Å². The molecule has 100 valence electrons. The molecular formula is C12H15N5O2. The molecule has 1 heterocycles. The van der Waals surface area contributed by atoms with Crippen LogP contribution < -0.4 is 5.32 Å². The number of nitro benzene ring substituents is 1. The maximum absolute atomic E-state index is 10.7. The quantitative estimate of drug-likeness (QED) is 0.471. The van der Waals surface area contributed by atoms with Crippen LogP contribution >= 0.6 is 0 Å². The van der Waals surface area contributed by atoms with Crippen molar-refractivity contribution in [2.75, 3.05) is 11.9 Å². The first-order chi connectivity index (χ1) is 9.16. The second kappa shape index (κ2) is 5.94. The molecule has 0 aliphatic rings. The van der Waals surface area contributed by atoms with Crippen molar-refractivity contribution in [2.45, 2.75) is 19.8 Å². The van der Waals surface area contributed by atoms with Crippen LogP contribution in [0.3, 0.4) is 0 Å². The van der Waals surface area contributed by atoms with Crippen LogP contribution in [0, 0.1) is 17.0 Å². The highest BCUT2D eigenvalue weighted by Gasteiger charge is 2.09. The van der Waals surface area contributed by atoms with E-state index in [1.165, 1.54) is 12.4 Å². The van der Waals surface area contributed by atoms with E-state index in [2.05, 4.69) is 20.5 Å². The molecule has 2 aromatic rings. The minimum atomic E-state index is -0.372. The van der Waals surface area contributed by atoms with Crippen LogP contribution in [0.2, 0.25) is 0 Å². The molecule has 7 nitrogen and oxygen atoms in total. The number of H-pyrrole nitrogens is 1. The van der Waals surface area contributed by atoms with Crippen LogP contribution in [0.25, 0.3) is 0 Å². The van der Waals surface area contributed by atoms with Gasteiger partial charge in [-0.1, -0.05) is 0 Å². The van der Waals surface area contributed by atoms with Gasteiger partial charge in [0.1, 0.15) is 12.2 Å². The highest BCUT2D eigenvalue weighted by Crippen LogP contribution is 2.21. The maximum atomic E-state index is 10.7. The lowest BCUT2D eigenvalue weighted by Gasteiger charge is -2.06. The summed E-state index contributed by atoms with van der Waals surface area (Å²) >= 11 is 0. The minimum Gasteiger partial charge on any atom is -0.385 e. The Hall–Kier alpha value is -2.44. The molecule has 2 N–H and O–H groups in total. The average molecular weight is 261 g/mol. The lowest BCUT2D eigenvalue weighted by Crippen LogP contribution is -2.04. The molecule has 0 aliphatic heterocycles. The summed E-state index contributed by atoms with van der Waals surface area (Å²) in [5.74, 6) is 0.863. The Kier molecular flexibility index (Phi) is 4.07. The fourth-order valence-electron chi connectivity index (χ4n) is 1.81. The molecule has 1 aromatic carbocycles. The Morgan fingerprint density at radius 1 is 1.47 bits per heavy atom. The standard InChI is InChI=1S/C12H15N5O2/c1-9-7-10(4-5-11(9)17(18)19)13-6-2-3-12-14-8-15-16-12/h4-5,7-8,13H,2-3,6H2,1H3,(H,14,15,16). The number of hydrogen-bond donors (Lipinski definition) is 2. The first-order valence-corrected chi connectivity index (χ1v) is 6.00. The fraction of sp³-hybridized carbons (Fsp3) is 0.333. The van der Waals surface area contributed by atoms with E-state index in [1.54, 1.807) is 19.1 Å². The third-order valence-electron chi connectivity index (χ3n) is 2.78. The van der Waals surface area contributed by atoms with Crippen LogP contribution in [0.4, 0.5) is 11.4 Å². The van der Waals surface area contributed by atoms with Gasteiger partial charge in [-0.15, -0.1) is 0 Å². The first-order valence-electron chi connectivity index (χ1n) is 6.00. The molecule has 0 bridgehead atoms. The van der Waals surface area contributed by atoms with Crippen molar-refractivity contribution in [1.29, 1.82) is 0 Å². The Labute approximate surface area is 110 Å². The van der Waals surface area contributed by atoms with Gasteiger partial charge in [-0.05, 0) is 25.5 Å². The van der Waals surface area contributed by atoms with E-state index < -0.39 is 0 Å². The van der Waals surface area contributed by atoms with Gasteiger partial charge < -0.3 is 5.32 Å². The SMILES string of the molecule is Cc1cc(NCCCc2ncn[nH]2)ccc1[N+](=O)[O-]. The van der Waals surface area contributed by atoms with E-state index in [0.717, 1.165) is 30.9 Å². The van der Waals surface area contributed by atoms with Crippen LogP contribution in [0.5, 0.6) is 0 Å². The van der Waals surface area contributed by atoms with Gasteiger partial charge in [-0.25, -0.2) is 4.98 Å². The summed E-state index contributed by atoms with van der Waals surface area (Å²) in [5.41, 5.74) is 1.69. The lowest BCUT2D eigenvalue weighted by atomic mass is 10.2. The lowest BCUT2D eigenvalue weighted by molar-refractivity contribution is -0.385. The van der Waals surface area contributed by atoms with Crippen molar-refractivity contribution in [1.82, 2.24) is 15.2 Å². The number of hydrogen-bond acceptors (Lipinski definition) is 5. The van der Waals surface area contributed by atoms with Crippen LogP contribution in [-0.4, -0.2) is 26.6 Å². The average Bonchev–Trinajstić information content (AvgIpc) is 2.87. The summed E-state index contributed by atoms with van der Waals surface area (Å²) in [6.07, 6.45) is 3.21. The molecule has 0 aliphatic carbocycles. The van der Waals surface area contributed by atoms with Crippen molar-refractivity contribution in [3.05, 3.63) is 46.0 Å². The second-order valence-corrected chi connectivity index (χ2v) is 4.22. The maximum Gasteiger partial charge on any atom is 0.272 e. The molecule has 0 spiro atoms. The topological polar surface area (TPSA) is 96.7 Å². The van der Waals surface area contributed by atoms with E-state index >= 15 is 0 Å². The molecular weight excluding hydrogens is 246 g/mol. The normalized spacial score (nSPS) is 10.4. The first kappa shape index (κ1) is 13.0. The number of rotatable bonds is 6. The number of benzene rings is 1. The highest BCUT2D eigenvalue weighted by atomic mass is 16.6. The van der Waals surface area contributed by atoms with Crippen molar-refractivity contribution < 1.29 is 4.92 Å². The van der Waals surface area contributed by atoms with Gasteiger partial charge >= 0.3 is 0 Å². The molecule has 19 heavy (non-hydrogen) atoms. The largest absolute Gasteiger partial charge is 0.385 e. The fourth-order valence-corrected chi connectivity index (χ4v) is 1.81. The molecule has 1 aromatic heterocycles. The predicted molar refractivity (Wildman–Crippen MR) is 71.0 cm³/mol. The minimum absolute atomic E-state index is 0.146. The molecule has 7 heteroatoms. The van der Waals surface area contributed by atoms with Crippen molar-refractivity contribution in [3.8, 4) is 0 Å². The zero-order valence-corrected chi connectivity index (χ0v) is 10.6. The van der Waals surface area contributed by atoms with E-state index in [0.29, 0.717) is 5.56 Å². The number of nitrogens with one attached hydrogen (secondary N) is 2. The second-order valence-electron chi connectivity index (χ2n) is 4.22. The Balaban J connectivity index is 1.83. The van der Waals surface area contributed by atoms with E-state index in [1.807, 2.05) is 0 Å². The molecule has 0 unspecified atom stereocenters. The molecule has 0 radical (unpaired) electrons. The predicted octanol–water partition coefficient (Wildman–Crippen LogP) is 2.07. The molecule has 0 amide bonds. The van der Waals surface area contributed by atoms with Crippen LogP contribution in [0.15, 0.2) is 24.5 Å². The summed E-state index contributed by atoms with van der Waals surface area (Å²) < 4.78 is 0. The highest BCUT2D eigenvalue weighted by molar-refractivity contribution is 5.53. The number of nitro groups is 1. The Morgan fingerprint density at radius 2 is 2.32 bits per heavy atom. The van der Waals surface area contributed by atoms with E-state index in [4.69, 9.17) is 0 Å². The zero-order valence-electron chi connectivity index (χ0n) is 10.6. The zero-order chi connectivity index (χ0) is 13.7. The number of aromatic amines is 1. The molecule has 0 saturated carbocycles. The van der Waals surface area contributed by atoms with Crippen molar-refractivity contribution in [2.24, 2.45) is 0 Å². The van der Waals surface area contributed by atoms with Gasteiger partial charge in [0, 0.05) is 30.3 Å². The number of aryl methyl sites for hydroxylation is 2. The molecule has 0 fully saturated rings. The van der Waals surface area contributed by atoms with Crippen LogP contribution in [0.1, 0.15) is 17.8 Å². The van der Waals surface area contributed by atoms with E-state index in [-0.39, 0.29) is 10.6 Å². The summed E-state index contributed by atoms with van der Waals surface area (Å²) in [6, 6.07) is 5.03. The smallest absolute Gasteiger partial charge is 0.272 e. The van der Waals surface area contributed by atoms with Gasteiger partial charge in [0.15, 0.2) is 0 Å². The van der Waals surface area contributed by atoms with Crippen LogP contribution in [-0.2, 0) is 6.42 Å². The number of anilines is 1. The third-order valence-corrected chi connectivity index (χ3v) is 2.78. The monoisotopic (exact) mass is 261 g/mol. The Morgan fingerprint density at radius 3 is 2.95 bits per heavy atom. The number of aromatic nitrogens is 3. The molecule has 0 atom stereocenters. The molecule has 2 rings (SSSR count). The van der Waals surface area contributed by atoms with Gasteiger partial charge in [0.25, 0.3) is 5.69 Å². The van der Waals surface area contributed by atoms with Gasteiger partial charge in [-0.2, -0.15) is 5.10 Å². The molecule has 0 saturated heterocycles. The third kappa shape index (κ3) is 3.51. The van der Waals surface area contributed by atoms with Crippen molar-refractivity contribution in [3.63, 3.8) is 0 Å². The van der Waals surface area contributed by atoms with E-state index in [9.17, 15) is 10.1 Å². The summed E-state index contributed by atoms with van der Waals surface area (Å²) in [4.78, 5) is 14.4. The van der Waals surface area contributed by atoms with Gasteiger partial charge in [0.2, 0.25) is 0 Å².